The van der Waals surface area contributed by atoms with Gasteiger partial charge in [0.25, 0.3) is 5.69 Å². The fourth-order valence-electron chi connectivity index (χ4n) is 2.62. The number of rotatable bonds is 7. The van der Waals surface area contributed by atoms with Crippen LogP contribution in [0.15, 0.2) is 42.5 Å². The van der Waals surface area contributed by atoms with E-state index in [9.17, 15) is 10.1 Å². The number of nitro benzene ring substituents is 1. The molecule has 1 aliphatic heterocycles. The lowest BCUT2D eigenvalue weighted by molar-refractivity contribution is -0.383. The molecule has 0 amide bonds. The zero-order chi connectivity index (χ0) is 18.4. The maximum Gasteiger partial charge on any atom is 0.292 e. The van der Waals surface area contributed by atoms with Crippen LogP contribution in [0.25, 0.3) is 0 Å². The van der Waals surface area contributed by atoms with Crippen molar-refractivity contribution in [2.75, 3.05) is 45.2 Å². The average molecular weight is 359 g/mol. The largest absolute Gasteiger partial charge is 0.492 e. The van der Waals surface area contributed by atoms with Crippen LogP contribution in [0.4, 0.5) is 11.4 Å². The van der Waals surface area contributed by atoms with Crippen LogP contribution < -0.4 is 15.2 Å². The molecule has 1 saturated heterocycles. The fourth-order valence-corrected chi connectivity index (χ4v) is 2.62. The second kappa shape index (κ2) is 8.50. The molecule has 0 aliphatic carbocycles. The number of morpholine rings is 1. The Balaban J connectivity index is 1.51. The van der Waals surface area contributed by atoms with Crippen LogP contribution in [0.2, 0.25) is 0 Å². The number of ether oxygens (including phenoxy) is 3. The first-order chi connectivity index (χ1) is 12.6. The van der Waals surface area contributed by atoms with Gasteiger partial charge in [0.1, 0.15) is 29.5 Å². The number of nitrogen functional groups attached to an aromatic ring is 1. The highest BCUT2D eigenvalue weighted by atomic mass is 16.6. The third kappa shape index (κ3) is 4.84. The van der Waals surface area contributed by atoms with Crippen LogP contribution >= 0.6 is 0 Å². The van der Waals surface area contributed by atoms with Gasteiger partial charge in [0.2, 0.25) is 0 Å². The van der Waals surface area contributed by atoms with E-state index in [2.05, 4.69) is 4.90 Å². The second-order valence-electron chi connectivity index (χ2n) is 5.85. The lowest BCUT2D eigenvalue weighted by atomic mass is 10.2. The maximum absolute atomic E-state index is 10.8. The summed E-state index contributed by atoms with van der Waals surface area (Å²) in [7, 11) is 0. The lowest BCUT2D eigenvalue weighted by Gasteiger charge is -2.26. The summed E-state index contributed by atoms with van der Waals surface area (Å²) in [5.74, 6) is 1.79. The maximum atomic E-state index is 10.8. The molecule has 1 fully saturated rings. The molecule has 2 aromatic carbocycles. The fraction of sp³-hybridized carbons (Fsp3) is 0.333. The third-order valence-corrected chi connectivity index (χ3v) is 4.04. The summed E-state index contributed by atoms with van der Waals surface area (Å²) in [5, 5.41) is 10.8. The van der Waals surface area contributed by atoms with Crippen LogP contribution in [0.3, 0.4) is 0 Å². The summed E-state index contributed by atoms with van der Waals surface area (Å²) in [4.78, 5) is 12.6. The Morgan fingerprint density at radius 2 is 1.73 bits per heavy atom. The molecular weight excluding hydrogens is 338 g/mol. The predicted molar refractivity (Wildman–Crippen MR) is 96.8 cm³/mol. The summed E-state index contributed by atoms with van der Waals surface area (Å²) in [6.07, 6.45) is 0. The van der Waals surface area contributed by atoms with Crippen molar-refractivity contribution in [3.8, 4) is 17.2 Å². The van der Waals surface area contributed by atoms with Crippen molar-refractivity contribution in [3.05, 3.63) is 52.6 Å². The molecule has 2 aromatic rings. The molecule has 8 nitrogen and oxygen atoms in total. The number of hydrogen-bond acceptors (Lipinski definition) is 7. The van der Waals surface area contributed by atoms with Gasteiger partial charge in [-0.05, 0) is 30.3 Å². The molecule has 1 aliphatic rings. The Labute approximate surface area is 151 Å². The zero-order valence-corrected chi connectivity index (χ0v) is 14.3. The Bertz CT molecular complexity index is 745. The monoisotopic (exact) mass is 359 g/mol. The van der Waals surface area contributed by atoms with E-state index in [-0.39, 0.29) is 11.4 Å². The van der Waals surface area contributed by atoms with Crippen molar-refractivity contribution in [2.24, 2.45) is 0 Å². The molecular formula is C18H21N3O5. The second-order valence-corrected chi connectivity index (χ2v) is 5.85. The molecule has 0 bridgehead atoms. The summed E-state index contributed by atoms with van der Waals surface area (Å²) in [5.41, 5.74) is 5.59. The van der Waals surface area contributed by atoms with E-state index in [1.807, 2.05) is 12.1 Å². The van der Waals surface area contributed by atoms with E-state index in [0.29, 0.717) is 18.1 Å². The molecule has 138 valence electrons. The number of nitrogens with two attached hydrogens (primary N) is 1. The molecule has 3 rings (SSSR count). The van der Waals surface area contributed by atoms with E-state index >= 15 is 0 Å². The Kier molecular flexibility index (Phi) is 5.88. The first kappa shape index (κ1) is 18.0. The van der Waals surface area contributed by atoms with Crippen molar-refractivity contribution in [2.45, 2.75) is 0 Å². The van der Waals surface area contributed by atoms with Crippen molar-refractivity contribution < 1.29 is 19.1 Å². The molecule has 0 atom stereocenters. The zero-order valence-electron chi connectivity index (χ0n) is 14.3. The Hall–Kier alpha value is -2.84. The van der Waals surface area contributed by atoms with Crippen molar-refractivity contribution in [1.29, 1.82) is 0 Å². The molecule has 8 heteroatoms. The van der Waals surface area contributed by atoms with Gasteiger partial charge in [0.05, 0.1) is 18.1 Å². The molecule has 0 spiro atoms. The number of anilines is 1. The summed E-state index contributed by atoms with van der Waals surface area (Å²) >= 11 is 0. The van der Waals surface area contributed by atoms with Crippen LogP contribution in [0.5, 0.6) is 17.2 Å². The molecule has 0 radical (unpaired) electrons. The van der Waals surface area contributed by atoms with Crippen LogP contribution in [-0.4, -0.2) is 49.3 Å². The van der Waals surface area contributed by atoms with E-state index in [0.717, 1.165) is 38.6 Å². The van der Waals surface area contributed by atoms with Gasteiger partial charge in [-0.15, -0.1) is 0 Å². The minimum absolute atomic E-state index is 0.0653. The number of nitrogens with zero attached hydrogens (tertiary/aromatic N) is 2. The molecule has 26 heavy (non-hydrogen) atoms. The minimum Gasteiger partial charge on any atom is -0.492 e. The quantitative estimate of drug-likeness (QED) is 0.461. The number of hydrogen-bond donors (Lipinski definition) is 1. The van der Waals surface area contributed by atoms with Gasteiger partial charge in [-0.1, -0.05) is 0 Å². The topological polar surface area (TPSA) is 100 Å². The van der Waals surface area contributed by atoms with E-state index in [4.69, 9.17) is 19.9 Å². The number of nitro groups is 1. The van der Waals surface area contributed by atoms with Crippen molar-refractivity contribution >= 4 is 11.4 Å². The molecule has 0 unspecified atom stereocenters. The molecule has 0 saturated carbocycles. The summed E-state index contributed by atoms with van der Waals surface area (Å²) in [6.45, 7) is 4.91. The predicted octanol–water partition coefficient (Wildman–Crippen LogP) is 2.68. The SMILES string of the molecule is Nc1cc(Oc2ccc(OCCN3CCOCC3)cc2)ccc1[N+](=O)[O-]. The average Bonchev–Trinajstić information content (AvgIpc) is 2.64. The smallest absolute Gasteiger partial charge is 0.292 e. The van der Waals surface area contributed by atoms with E-state index in [1.165, 1.54) is 18.2 Å². The Morgan fingerprint density at radius 1 is 1.08 bits per heavy atom. The normalized spacial score (nSPS) is 14.8. The van der Waals surface area contributed by atoms with Gasteiger partial charge < -0.3 is 19.9 Å². The third-order valence-electron chi connectivity index (χ3n) is 4.04. The highest BCUT2D eigenvalue weighted by Gasteiger charge is 2.12. The van der Waals surface area contributed by atoms with Gasteiger partial charge in [-0.25, -0.2) is 0 Å². The standard InChI is InChI=1S/C18H21N3O5/c19-17-13-16(5-6-18(17)21(22)23)26-15-3-1-14(2-4-15)25-12-9-20-7-10-24-11-8-20/h1-6,13H,7-12,19H2. The van der Waals surface area contributed by atoms with E-state index in [1.54, 1.807) is 12.1 Å². The van der Waals surface area contributed by atoms with Crippen LogP contribution in [0.1, 0.15) is 0 Å². The summed E-state index contributed by atoms with van der Waals surface area (Å²) in [6, 6.07) is 11.5. The summed E-state index contributed by atoms with van der Waals surface area (Å²) < 4.78 is 16.7. The van der Waals surface area contributed by atoms with Gasteiger partial charge in [-0.2, -0.15) is 0 Å². The van der Waals surface area contributed by atoms with Gasteiger partial charge in [-0.3, -0.25) is 15.0 Å². The molecule has 0 aromatic heterocycles. The minimum atomic E-state index is -0.526. The van der Waals surface area contributed by atoms with Crippen LogP contribution in [-0.2, 0) is 4.74 Å². The first-order valence-electron chi connectivity index (χ1n) is 8.36. The number of benzene rings is 2. The van der Waals surface area contributed by atoms with Gasteiger partial charge in [0.15, 0.2) is 0 Å². The molecule has 1 heterocycles. The van der Waals surface area contributed by atoms with Crippen molar-refractivity contribution in [3.63, 3.8) is 0 Å². The lowest BCUT2D eigenvalue weighted by Crippen LogP contribution is -2.38. The van der Waals surface area contributed by atoms with Crippen molar-refractivity contribution in [1.82, 2.24) is 4.90 Å². The Morgan fingerprint density at radius 3 is 2.38 bits per heavy atom. The first-order valence-corrected chi connectivity index (χ1v) is 8.36. The molecule has 2 N–H and O–H groups in total. The van der Waals surface area contributed by atoms with Crippen LogP contribution in [0, 0.1) is 10.1 Å². The van der Waals surface area contributed by atoms with Gasteiger partial charge >= 0.3 is 0 Å². The van der Waals surface area contributed by atoms with E-state index < -0.39 is 4.92 Å². The van der Waals surface area contributed by atoms with Gasteiger partial charge in [0, 0.05) is 31.8 Å². The highest BCUT2D eigenvalue weighted by Crippen LogP contribution is 2.29. The highest BCUT2D eigenvalue weighted by molar-refractivity contribution is 5.61.